The Balaban J connectivity index is 1.81. The molecule has 3 rings (SSSR count). The molecule has 1 aromatic heterocycles. The number of carbonyl (C=O) groups excluding carboxylic acids is 1. The van der Waals surface area contributed by atoms with E-state index in [9.17, 15) is 4.79 Å². The average molecular weight is 351 g/mol. The predicted octanol–water partition coefficient (Wildman–Crippen LogP) is 4.48. The van der Waals surface area contributed by atoms with Gasteiger partial charge in [-0.1, -0.05) is 35.0 Å². The van der Waals surface area contributed by atoms with Crippen LogP contribution in [0.5, 0.6) is 0 Å². The number of rotatable bonds is 3. The molecule has 1 N–H and O–H groups in total. The number of nitrogens with zero attached hydrogens (tertiary/aromatic N) is 1. The van der Waals surface area contributed by atoms with E-state index in [1.54, 1.807) is 0 Å². The molecule has 1 aliphatic carbocycles. The first kappa shape index (κ1) is 13.8. The lowest BCUT2D eigenvalue weighted by molar-refractivity contribution is -0.117. The van der Waals surface area contributed by atoms with Crippen LogP contribution >= 0.6 is 27.5 Å². The zero-order valence-corrected chi connectivity index (χ0v) is 13.7. The zero-order chi connectivity index (χ0) is 14.3. The van der Waals surface area contributed by atoms with Crippen molar-refractivity contribution in [3.05, 3.63) is 34.3 Å². The first-order chi connectivity index (χ1) is 9.56. The Bertz CT molecular complexity index is 650. The van der Waals surface area contributed by atoms with Crippen molar-refractivity contribution in [2.75, 3.05) is 5.32 Å². The molecule has 0 radical (unpaired) electrons. The highest BCUT2D eigenvalue weighted by atomic mass is 79.9. The van der Waals surface area contributed by atoms with Crippen LogP contribution in [0.3, 0.4) is 0 Å². The van der Waals surface area contributed by atoms with Gasteiger partial charge in [0.05, 0.1) is 5.69 Å². The van der Waals surface area contributed by atoms with Gasteiger partial charge in [-0.2, -0.15) is 4.37 Å². The van der Waals surface area contributed by atoms with Gasteiger partial charge in [0.2, 0.25) is 5.91 Å². The lowest BCUT2D eigenvalue weighted by atomic mass is 10.1. The van der Waals surface area contributed by atoms with E-state index < -0.39 is 0 Å². The molecule has 1 aromatic carbocycles. The molecular weight excluding hydrogens is 336 g/mol. The Morgan fingerprint density at radius 2 is 2.05 bits per heavy atom. The summed E-state index contributed by atoms with van der Waals surface area (Å²) < 4.78 is 5.53. The number of amides is 1. The molecular formula is C15H15BrN2OS. The molecule has 0 saturated heterocycles. The van der Waals surface area contributed by atoms with E-state index in [1.807, 2.05) is 31.2 Å². The smallest absolute Gasteiger partial charge is 0.228 e. The largest absolute Gasteiger partial charge is 0.316 e. The van der Waals surface area contributed by atoms with E-state index in [4.69, 9.17) is 0 Å². The molecule has 3 nitrogen and oxygen atoms in total. The first-order valence-corrected chi connectivity index (χ1v) is 8.16. The maximum atomic E-state index is 12.0. The van der Waals surface area contributed by atoms with Crippen molar-refractivity contribution in [1.29, 1.82) is 0 Å². The molecule has 2 aromatic rings. The van der Waals surface area contributed by atoms with Crippen molar-refractivity contribution in [2.45, 2.75) is 20.3 Å². The van der Waals surface area contributed by atoms with Crippen LogP contribution in [0.2, 0.25) is 0 Å². The van der Waals surface area contributed by atoms with Crippen LogP contribution in [-0.4, -0.2) is 10.3 Å². The molecule has 2 unspecified atom stereocenters. The van der Waals surface area contributed by atoms with Crippen LogP contribution in [0.1, 0.15) is 18.9 Å². The molecule has 2 atom stereocenters. The number of nitrogens with one attached hydrogen (secondary N) is 1. The number of hydrogen-bond acceptors (Lipinski definition) is 3. The number of anilines is 1. The van der Waals surface area contributed by atoms with Crippen molar-refractivity contribution in [2.24, 2.45) is 11.8 Å². The molecule has 1 aliphatic rings. The molecule has 0 spiro atoms. The fraction of sp³-hybridized carbons (Fsp3) is 0.333. The highest BCUT2D eigenvalue weighted by Crippen LogP contribution is 2.39. The molecule has 1 fully saturated rings. The first-order valence-electron chi connectivity index (χ1n) is 6.59. The van der Waals surface area contributed by atoms with Crippen LogP contribution in [0.15, 0.2) is 28.7 Å². The standard InChI is InChI=1S/C15H15BrN2OS/c1-8-7-12(8)14(19)17-15-9(2)13(18-20-15)10-3-5-11(16)6-4-10/h3-6,8,12H,7H2,1-2H3,(H,17,19). The van der Waals surface area contributed by atoms with E-state index in [0.717, 1.165) is 32.7 Å². The number of carbonyl (C=O) groups is 1. The Morgan fingerprint density at radius 3 is 2.65 bits per heavy atom. The second kappa shape index (κ2) is 5.30. The third kappa shape index (κ3) is 2.65. The zero-order valence-electron chi connectivity index (χ0n) is 11.3. The topological polar surface area (TPSA) is 42.0 Å². The molecule has 0 bridgehead atoms. The Hall–Kier alpha value is -1.20. The fourth-order valence-electron chi connectivity index (χ4n) is 2.22. The van der Waals surface area contributed by atoms with Gasteiger partial charge in [0.15, 0.2) is 0 Å². The van der Waals surface area contributed by atoms with Crippen LogP contribution in [-0.2, 0) is 4.79 Å². The van der Waals surface area contributed by atoms with Gasteiger partial charge in [0.25, 0.3) is 0 Å². The molecule has 1 amide bonds. The van der Waals surface area contributed by atoms with Gasteiger partial charge >= 0.3 is 0 Å². The van der Waals surface area contributed by atoms with Crippen molar-refractivity contribution >= 4 is 38.4 Å². The number of hydrogen-bond donors (Lipinski definition) is 1. The Labute approximate surface area is 130 Å². The van der Waals surface area contributed by atoms with Crippen LogP contribution in [0, 0.1) is 18.8 Å². The van der Waals surface area contributed by atoms with E-state index >= 15 is 0 Å². The highest BCUT2D eigenvalue weighted by molar-refractivity contribution is 9.10. The van der Waals surface area contributed by atoms with Gasteiger partial charge < -0.3 is 5.32 Å². The minimum Gasteiger partial charge on any atom is -0.316 e. The maximum Gasteiger partial charge on any atom is 0.228 e. The quantitative estimate of drug-likeness (QED) is 0.886. The van der Waals surface area contributed by atoms with Gasteiger partial charge in [-0.25, -0.2) is 0 Å². The summed E-state index contributed by atoms with van der Waals surface area (Å²) in [7, 11) is 0. The molecule has 5 heteroatoms. The van der Waals surface area contributed by atoms with Gasteiger partial charge in [-0.05, 0) is 42.9 Å². The van der Waals surface area contributed by atoms with Crippen LogP contribution in [0.25, 0.3) is 11.3 Å². The lowest BCUT2D eigenvalue weighted by Crippen LogP contribution is -2.14. The van der Waals surface area contributed by atoms with Crippen LogP contribution < -0.4 is 5.32 Å². The second-order valence-electron chi connectivity index (χ2n) is 5.30. The number of benzene rings is 1. The third-order valence-corrected chi connectivity index (χ3v) is 5.12. The summed E-state index contributed by atoms with van der Waals surface area (Å²) in [5.74, 6) is 0.841. The van der Waals surface area contributed by atoms with E-state index in [-0.39, 0.29) is 11.8 Å². The molecule has 1 heterocycles. The number of aromatic nitrogens is 1. The second-order valence-corrected chi connectivity index (χ2v) is 6.99. The summed E-state index contributed by atoms with van der Waals surface area (Å²) in [6.45, 7) is 4.11. The minimum atomic E-state index is 0.131. The van der Waals surface area contributed by atoms with Crippen molar-refractivity contribution in [1.82, 2.24) is 4.37 Å². The SMILES string of the molecule is Cc1c(-c2ccc(Br)cc2)nsc1NC(=O)C1CC1C. The van der Waals surface area contributed by atoms with E-state index in [2.05, 4.69) is 32.5 Å². The van der Waals surface area contributed by atoms with E-state index in [0.29, 0.717) is 5.92 Å². The average Bonchev–Trinajstić information content (AvgIpc) is 3.06. The summed E-state index contributed by atoms with van der Waals surface area (Å²) in [6.07, 6.45) is 1.00. The monoisotopic (exact) mass is 350 g/mol. The summed E-state index contributed by atoms with van der Waals surface area (Å²) in [4.78, 5) is 12.0. The Morgan fingerprint density at radius 1 is 1.40 bits per heavy atom. The summed E-state index contributed by atoms with van der Waals surface area (Å²) in [5, 5.41) is 3.88. The summed E-state index contributed by atoms with van der Waals surface area (Å²) in [6, 6.07) is 8.05. The predicted molar refractivity (Wildman–Crippen MR) is 85.9 cm³/mol. The lowest BCUT2D eigenvalue weighted by Gasteiger charge is -2.03. The molecule has 1 saturated carbocycles. The Kier molecular flexibility index (Phi) is 3.65. The normalized spacial score (nSPS) is 20.8. The van der Waals surface area contributed by atoms with Crippen LogP contribution in [0.4, 0.5) is 5.00 Å². The molecule has 104 valence electrons. The molecule has 20 heavy (non-hydrogen) atoms. The molecule has 0 aliphatic heterocycles. The van der Waals surface area contributed by atoms with Gasteiger partial charge in [0.1, 0.15) is 5.00 Å². The highest BCUT2D eigenvalue weighted by Gasteiger charge is 2.39. The minimum absolute atomic E-state index is 0.131. The number of halogens is 1. The maximum absolute atomic E-state index is 12.0. The van der Waals surface area contributed by atoms with Gasteiger partial charge in [0, 0.05) is 21.5 Å². The van der Waals surface area contributed by atoms with Crippen molar-refractivity contribution in [3.63, 3.8) is 0 Å². The fourth-order valence-corrected chi connectivity index (χ4v) is 3.29. The van der Waals surface area contributed by atoms with Crippen molar-refractivity contribution < 1.29 is 4.79 Å². The summed E-state index contributed by atoms with van der Waals surface area (Å²) in [5.41, 5.74) is 3.06. The van der Waals surface area contributed by atoms with Crippen molar-refractivity contribution in [3.8, 4) is 11.3 Å². The van der Waals surface area contributed by atoms with E-state index in [1.165, 1.54) is 11.5 Å². The van der Waals surface area contributed by atoms with Gasteiger partial charge in [-0.3, -0.25) is 4.79 Å². The van der Waals surface area contributed by atoms with Gasteiger partial charge in [-0.15, -0.1) is 0 Å². The third-order valence-electron chi connectivity index (χ3n) is 3.72. The summed E-state index contributed by atoms with van der Waals surface area (Å²) >= 11 is 4.78.